The number of H-pyrrole nitrogens is 1. The quantitative estimate of drug-likeness (QED) is 0.251. The van der Waals surface area contributed by atoms with Crippen molar-refractivity contribution in [1.82, 2.24) is 24.5 Å². The number of benzene rings is 1. The van der Waals surface area contributed by atoms with Gasteiger partial charge in [-0.3, -0.25) is 4.57 Å². The molecule has 0 spiro atoms. The van der Waals surface area contributed by atoms with Gasteiger partial charge in [-0.15, -0.1) is 0 Å². The lowest BCUT2D eigenvalue weighted by molar-refractivity contribution is -0.134. The third-order valence-electron chi connectivity index (χ3n) is 5.41. The van der Waals surface area contributed by atoms with Crippen molar-refractivity contribution in [3.8, 4) is 22.6 Å². The van der Waals surface area contributed by atoms with Crippen LogP contribution in [0, 0.1) is 11.2 Å². The van der Waals surface area contributed by atoms with Crippen LogP contribution in [0.4, 0.5) is 10.3 Å². The van der Waals surface area contributed by atoms with Gasteiger partial charge in [-0.05, 0) is 41.8 Å². The Hall–Kier alpha value is -4.54. The molecule has 5 N–H and O–H groups in total. The first-order valence-electron chi connectivity index (χ1n) is 12.2. The fourth-order valence-electron chi connectivity index (χ4n) is 3.66. The Kier molecular flexibility index (Phi) is 8.23. The summed E-state index contributed by atoms with van der Waals surface area (Å²) in [4.78, 5) is 36.8. The number of halogens is 1. The van der Waals surface area contributed by atoms with Crippen LogP contribution in [-0.2, 0) is 21.5 Å². The molecule has 0 radical (unpaired) electrons. The number of rotatable bonds is 5. The second-order valence-electron chi connectivity index (χ2n) is 11.2. The molecule has 1 aromatic carbocycles. The minimum Gasteiger partial charge on any atom is -0.478 e. The fraction of sp³-hybridized carbons (Fsp3) is 0.321. The molecule has 0 aliphatic heterocycles. The molecule has 0 unspecified atom stereocenters. The van der Waals surface area contributed by atoms with Gasteiger partial charge < -0.3 is 20.9 Å². The monoisotopic (exact) mass is 536 g/mol. The van der Waals surface area contributed by atoms with Gasteiger partial charge in [0.05, 0.1) is 11.4 Å². The highest BCUT2D eigenvalue weighted by atomic mass is 19.1. The van der Waals surface area contributed by atoms with Gasteiger partial charge in [0.25, 0.3) is 0 Å². The van der Waals surface area contributed by atoms with Crippen LogP contribution in [0.1, 0.15) is 47.4 Å². The molecule has 0 aliphatic rings. The summed E-state index contributed by atoms with van der Waals surface area (Å²) in [6.45, 7) is 13.4. The molecule has 39 heavy (non-hydrogen) atoms. The van der Waals surface area contributed by atoms with Crippen molar-refractivity contribution in [2.45, 2.75) is 53.5 Å². The third-order valence-corrected chi connectivity index (χ3v) is 5.41. The zero-order chi connectivity index (χ0) is 29.1. The summed E-state index contributed by atoms with van der Waals surface area (Å²) in [5.41, 5.74) is 10.6. The van der Waals surface area contributed by atoms with Crippen molar-refractivity contribution in [3.63, 3.8) is 0 Å². The summed E-state index contributed by atoms with van der Waals surface area (Å²) in [7, 11) is 0. The Bertz CT molecular complexity index is 1510. The second kappa shape index (κ2) is 11.1. The maximum absolute atomic E-state index is 13.5. The van der Waals surface area contributed by atoms with Crippen molar-refractivity contribution in [1.29, 1.82) is 0 Å². The first kappa shape index (κ1) is 29.0. The average molecular weight is 537 g/mol. The lowest BCUT2D eigenvalue weighted by Crippen LogP contribution is -2.17. The van der Waals surface area contributed by atoms with Crippen LogP contribution in [0.25, 0.3) is 33.8 Å². The summed E-state index contributed by atoms with van der Waals surface area (Å²) in [6, 6.07) is 10.2. The Balaban J connectivity index is 0.000000459. The summed E-state index contributed by atoms with van der Waals surface area (Å²) in [5.74, 6) is -1.50. The van der Waals surface area contributed by atoms with Gasteiger partial charge in [0, 0.05) is 29.7 Å². The molecule has 3 heterocycles. The van der Waals surface area contributed by atoms with E-state index in [2.05, 4.69) is 51.5 Å². The first-order valence-corrected chi connectivity index (χ1v) is 12.2. The Labute approximate surface area is 225 Å². The molecule has 10 nitrogen and oxygen atoms in total. The van der Waals surface area contributed by atoms with Crippen LogP contribution >= 0.6 is 0 Å². The average Bonchev–Trinajstić information content (AvgIpc) is 3.39. The van der Waals surface area contributed by atoms with E-state index in [-0.39, 0.29) is 16.6 Å². The van der Waals surface area contributed by atoms with Gasteiger partial charge in [0.2, 0.25) is 5.95 Å². The van der Waals surface area contributed by atoms with E-state index >= 15 is 0 Å². The minimum atomic E-state index is -1.26. The van der Waals surface area contributed by atoms with Crippen LogP contribution in [0.3, 0.4) is 0 Å². The molecule has 4 rings (SSSR count). The van der Waals surface area contributed by atoms with E-state index in [0.29, 0.717) is 30.3 Å². The van der Waals surface area contributed by atoms with E-state index in [1.165, 1.54) is 12.1 Å². The Morgan fingerprint density at radius 3 is 2.05 bits per heavy atom. The van der Waals surface area contributed by atoms with Gasteiger partial charge in [0.1, 0.15) is 22.9 Å². The number of carbonyl (C=O) groups is 2. The van der Waals surface area contributed by atoms with E-state index < -0.39 is 11.9 Å². The second-order valence-corrected chi connectivity index (χ2v) is 11.2. The number of carboxylic acid groups (broad SMARTS) is 2. The van der Waals surface area contributed by atoms with Crippen LogP contribution in [0.15, 0.2) is 48.6 Å². The van der Waals surface area contributed by atoms with Crippen LogP contribution in [-0.4, -0.2) is 46.7 Å². The lowest BCUT2D eigenvalue weighted by atomic mass is 9.96. The van der Waals surface area contributed by atoms with E-state index in [9.17, 15) is 14.0 Å². The van der Waals surface area contributed by atoms with Gasteiger partial charge in [-0.2, -0.15) is 0 Å². The standard InChI is InChI=1S/C24H29FN6.C4H4O4/c1-23(2,3)13-31-20-17(28-22(31)26)12-11-16(27-20)19-18(14-7-9-15(25)10-8-14)29-21(30-19)24(4,5)6;5-3(6)1-2-4(7)8/h7-12H,13H2,1-6H3,(H2,26,28)(H,29,30);1-2H,(H,5,6)(H,7,8)/b;2-1+. The lowest BCUT2D eigenvalue weighted by Gasteiger charge is -2.19. The van der Waals surface area contributed by atoms with Gasteiger partial charge in [0.15, 0.2) is 5.65 Å². The van der Waals surface area contributed by atoms with Crippen molar-refractivity contribution < 1.29 is 24.2 Å². The van der Waals surface area contributed by atoms with E-state index in [4.69, 9.17) is 25.9 Å². The number of hydrogen-bond acceptors (Lipinski definition) is 6. The molecule has 3 aromatic heterocycles. The molecule has 0 amide bonds. The van der Waals surface area contributed by atoms with Crippen molar-refractivity contribution in [3.05, 3.63) is 60.2 Å². The number of aliphatic carboxylic acids is 2. The highest BCUT2D eigenvalue weighted by molar-refractivity contribution is 5.89. The number of nitrogens with one attached hydrogen (secondary N) is 1. The molecule has 0 saturated heterocycles. The molecule has 0 fully saturated rings. The Morgan fingerprint density at radius 1 is 0.949 bits per heavy atom. The van der Waals surface area contributed by atoms with E-state index in [1.54, 1.807) is 12.1 Å². The van der Waals surface area contributed by atoms with Crippen LogP contribution < -0.4 is 5.73 Å². The molecule has 4 aromatic rings. The third kappa shape index (κ3) is 7.50. The van der Waals surface area contributed by atoms with Crippen molar-refractivity contribution in [2.24, 2.45) is 5.41 Å². The topological polar surface area (TPSA) is 160 Å². The minimum absolute atomic E-state index is 0.0183. The maximum Gasteiger partial charge on any atom is 0.328 e. The van der Waals surface area contributed by atoms with E-state index in [1.807, 2.05) is 16.7 Å². The molecule has 0 atom stereocenters. The van der Waals surface area contributed by atoms with Crippen molar-refractivity contribution >= 4 is 29.1 Å². The molecule has 11 heteroatoms. The van der Waals surface area contributed by atoms with Crippen LogP contribution in [0.5, 0.6) is 0 Å². The molecule has 206 valence electrons. The highest BCUT2D eigenvalue weighted by Crippen LogP contribution is 2.34. The van der Waals surface area contributed by atoms with Crippen LogP contribution in [0.2, 0.25) is 0 Å². The number of aromatic nitrogens is 5. The predicted molar refractivity (Wildman–Crippen MR) is 147 cm³/mol. The maximum atomic E-state index is 13.5. The molecular formula is C28H33FN6O4. The number of hydrogen-bond donors (Lipinski definition) is 4. The van der Waals surface area contributed by atoms with Gasteiger partial charge in [-0.25, -0.2) is 28.9 Å². The summed E-state index contributed by atoms with van der Waals surface area (Å²) < 4.78 is 15.5. The zero-order valence-electron chi connectivity index (χ0n) is 22.8. The summed E-state index contributed by atoms with van der Waals surface area (Å²) >= 11 is 0. The molecular weight excluding hydrogens is 503 g/mol. The Morgan fingerprint density at radius 2 is 1.54 bits per heavy atom. The van der Waals surface area contributed by atoms with Gasteiger partial charge >= 0.3 is 11.9 Å². The fourth-order valence-corrected chi connectivity index (χ4v) is 3.66. The number of carboxylic acids is 2. The smallest absolute Gasteiger partial charge is 0.328 e. The number of imidazole rings is 2. The number of anilines is 1. The number of nitrogens with zero attached hydrogens (tertiary/aromatic N) is 4. The molecule has 0 aliphatic carbocycles. The summed E-state index contributed by atoms with van der Waals surface area (Å²) in [5, 5.41) is 15.6. The zero-order valence-corrected chi connectivity index (χ0v) is 22.8. The molecule has 0 bridgehead atoms. The number of pyridine rings is 1. The number of nitrogen functional groups attached to an aromatic ring is 1. The number of fused-ring (bicyclic) bond motifs is 1. The molecule has 0 saturated carbocycles. The van der Waals surface area contributed by atoms with Crippen molar-refractivity contribution in [2.75, 3.05) is 5.73 Å². The summed E-state index contributed by atoms with van der Waals surface area (Å²) in [6.07, 6.45) is 1.12. The number of aromatic amines is 1. The largest absolute Gasteiger partial charge is 0.478 e. The predicted octanol–water partition coefficient (Wildman–Crippen LogP) is 5.27. The van der Waals surface area contributed by atoms with E-state index in [0.717, 1.165) is 33.9 Å². The van der Waals surface area contributed by atoms with Gasteiger partial charge in [-0.1, -0.05) is 41.5 Å². The first-order chi connectivity index (χ1) is 18.0. The SMILES string of the molecule is CC(C)(C)Cn1c(N)nc2ccc(-c3nc(C(C)(C)C)[nH]c3-c3ccc(F)cc3)nc21.O=C(O)/C=C/C(=O)O. The normalized spacial score (nSPS) is 12.0. The highest BCUT2D eigenvalue weighted by Gasteiger charge is 2.24. The number of nitrogens with two attached hydrogens (primary N) is 1.